The minimum absolute atomic E-state index is 0.261. The molecule has 0 aromatic heterocycles. The van der Waals surface area contributed by atoms with E-state index in [4.69, 9.17) is 18.0 Å². The van der Waals surface area contributed by atoms with E-state index in [0.29, 0.717) is 10.7 Å². The number of piperidine rings is 1. The van der Waals surface area contributed by atoms with Gasteiger partial charge in [0.25, 0.3) is 0 Å². The van der Waals surface area contributed by atoms with Crippen LogP contribution in [0.2, 0.25) is 0 Å². The van der Waals surface area contributed by atoms with Gasteiger partial charge in [0, 0.05) is 24.4 Å². The summed E-state index contributed by atoms with van der Waals surface area (Å²) in [5.41, 5.74) is 7.68. The van der Waals surface area contributed by atoms with E-state index in [1.807, 2.05) is 29.2 Å². The van der Waals surface area contributed by atoms with E-state index in [1.165, 1.54) is 0 Å². The second-order valence-corrected chi connectivity index (χ2v) is 7.05. The molecule has 5 heteroatoms. The molecule has 2 rings (SSSR count). The first-order valence-corrected chi connectivity index (χ1v) is 8.87. The largest absolute Gasteiger partial charge is 0.389 e. The van der Waals surface area contributed by atoms with Crippen molar-refractivity contribution in [3.8, 4) is 0 Å². The van der Waals surface area contributed by atoms with E-state index in [2.05, 4.69) is 6.92 Å². The molecule has 1 fully saturated rings. The van der Waals surface area contributed by atoms with Gasteiger partial charge in [0.05, 0.1) is 5.75 Å². The molecule has 0 unspecified atom stereocenters. The predicted molar refractivity (Wildman–Crippen MR) is 93.5 cm³/mol. The van der Waals surface area contributed by atoms with Gasteiger partial charge in [-0.15, -0.1) is 11.8 Å². The fourth-order valence-electron chi connectivity index (χ4n) is 2.42. The van der Waals surface area contributed by atoms with Crippen molar-refractivity contribution >= 4 is 34.9 Å². The van der Waals surface area contributed by atoms with E-state index in [9.17, 15) is 4.79 Å². The van der Waals surface area contributed by atoms with Crippen LogP contribution in [-0.2, 0) is 10.5 Å². The standard InChI is InChI=1S/C16H22N2OS2/c1-12-5-7-18(8-6-12)15(19)11-21-10-13-3-2-4-14(9-13)16(17)20/h2-4,9,12H,5-8,10-11H2,1H3,(H2,17,20). The van der Waals surface area contributed by atoms with Crippen LogP contribution in [0.25, 0.3) is 0 Å². The van der Waals surface area contributed by atoms with Crippen LogP contribution in [0.15, 0.2) is 24.3 Å². The highest BCUT2D eigenvalue weighted by Crippen LogP contribution is 2.18. The van der Waals surface area contributed by atoms with E-state index >= 15 is 0 Å². The van der Waals surface area contributed by atoms with Crippen LogP contribution in [-0.4, -0.2) is 34.6 Å². The smallest absolute Gasteiger partial charge is 0.232 e. The molecule has 0 aliphatic carbocycles. The Morgan fingerprint density at radius 2 is 2.14 bits per heavy atom. The highest BCUT2D eigenvalue weighted by molar-refractivity contribution is 7.99. The van der Waals surface area contributed by atoms with Gasteiger partial charge >= 0.3 is 0 Å². The molecule has 1 amide bonds. The summed E-state index contributed by atoms with van der Waals surface area (Å²) in [6.07, 6.45) is 2.26. The number of nitrogens with two attached hydrogens (primary N) is 1. The monoisotopic (exact) mass is 322 g/mol. The van der Waals surface area contributed by atoms with E-state index in [1.54, 1.807) is 11.8 Å². The first-order chi connectivity index (χ1) is 10.1. The van der Waals surface area contributed by atoms with Gasteiger partial charge in [-0.2, -0.15) is 0 Å². The Hall–Kier alpha value is -1.07. The zero-order valence-electron chi connectivity index (χ0n) is 12.4. The van der Waals surface area contributed by atoms with Crippen LogP contribution in [0.4, 0.5) is 0 Å². The summed E-state index contributed by atoms with van der Waals surface area (Å²) in [6, 6.07) is 7.92. The fraction of sp³-hybridized carbons (Fsp3) is 0.500. The number of thioether (sulfide) groups is 1. The second-order valence-electron chi connectivity index (χ2n) is 5.62. The van der Waals surface area contributed by atoms with Crippen LogP contribution in [0.1, 0.15) is 30.9 Å². The van der Waals surface area contributed by atoms with Crippen LogP contribution in [0.3, 0.4) is 0 Å². The highest BCUT2D eigenvalue weighted by Gasteiger charge is 2.19. The lowest BCUT2D eigenvalue weighted by atomic mass is 9.99. The minimum atomic E-state index is 0.261. The number of hydrogen-bond donors (Lipinski definition) is 1. The predicted octanol–water partition coefficient (Wildman–Crippen LogP) is 2.81. The van der Waals surface area contributed by atoms with Crippen LogP contribution in [0.5, 0.6) is 0 Å². The first kappa shape index (κ1) is 16.3. The molecule has 21 heavy (non-hydrogen) atoms. The van der Waals surface area contributed by atoms with E-state index in [0.717, 1.165) is 48.7 Å². The molecule has 0 saturated carbocycles. The maximum absolute atomic E-state index is 12.1. The van der Waals surface area contributed by atoms with Crippen LogP contribution >= 0.6 is 24.0 Å². The van der Waals surface area contributed by atoms with Crippen molar-refractivity contribution in [2.75, 3.05) is 18.8 Å². The highest BCUT2D eigenvalue weighted by atomic mass is 32.2. The second kappa shape index (κ2) is 7.80. The Balaban J connectivity index is 1.77. The Labute approximate surface area is 136 Å². The third-order valence-electron chi connectivity index (χ3n) is 3.84. The summed E-state index contributed by atoms with van der Waals surface area (Å²) in [6.45, 7) is 4.08. The number of benzene rings is 1. The summed E-state index contributed by atoms with van der Waals surface area (Å²) < 4.78 is 0. The molecule has 114 valence electrons. The topological polar surface area (TPSA) is 46.3 Å². The number of rotatable bonds is 5. The average molecular weight is 322 g/mol. The number of hydrogen-bond acceptors (Lipinski definition) is 3. The summed E-state index contributed by atoms with van der Waals surface area (Å²) in [4.78, 5) is 14.5. The van der Waals surface area contributed by atoms with E-state index < -0.39 is 0 Å². The Bertz CT molecular complexity index is 511. The minimum Gasteiger partial charge on any atom is -0.389 e. The molecule has 0 spiro atoms. The summed E-state index contributed by atoms with van der Waals surface area (Å²) in [7, 11) is 0. The fourth-order valence-corrected chi connectivity index (χ4v) is 3.42. The van der Waals surface area contributed by atoms with Crippen LogP contribution < -0.4 is 5.73 Å². The van der Waals surface area contributed by atoms with Crippen molar-refractivity contribution < 1.29 is 4.79 Å². The van der Waals surface area contributed by atoms with Gasteiger partial charge in [-0.3, -0.25) is 4.79 Å². The van der Waals surface area contributed by atoms with Crippen molar-refractivity contribution in [1.29, 1.82) is 0 Å². The maximum atomic E-state index is 12.1. The zero-order chi connectivity index (χ0) is 15.2. The number of amides is 1. The summed E-state index contributed by atoms with van der Waals surface area (Å²) in [5, 5.41) is 0. The third kappa shape index (κ3) is 5.00. The molecule has 1 aliphatic rings. The quantitative estimate of drug-likeness (QED) is 0.847. The maximum Gasteiger partial charge on any atom is 0.232 e. The summed E-state index contributed by atoms with van der Waals surface area (Å²) in [5.74, 6) is 2.37. The SMILES string of the molecule is CC1CCN(C(=O)CSCc2cccc(C(N)=S)c2)CC1. The number of thiocarbonyl (C=S) groups is 1. The van der Waals surface area contributed by atoms with Crippen molar-refractivity contribution in [2.24, 2.45) is 11.7 Å². The molecule has 2 N–H and O–H groups in total. The third-order valence-corrected chi connectivity index (χ3v) is 5.07. The van der Waals surface area contributed by atoms with Crippen LogP contribution in [0, 0.1) is 5.92 Å². The molecule has 0 radical (unpaired) electrons. The summed E-state index contributed by atoms with van der Waals surface area (Å²) >= 11 is 6.63. The normalized spacial score (nSPS) is 16.0. The van der Waals surface area contributed by atoms with Crippen molar-refractivity contribution in [2.45, 2.75) is 25.5 Å². The lowest BCUT2D eigenvalue weighted by molar-refractivity contribution is -0.129. The Kier molecular flexibility index (Phi) is 6.06. The molecule has 1 saturated heterocycles. The Morgan fingerprint density at radius 3 is 2.81 bits per heavy atom. The van der Waals surface area contributed by atoms with Gasteiger partial charge in [0.2, 0.25) is 5.91 Å². The van der Waals surface area contributed by atoms with Crippen molar-refractivity contribution in [3.05, 3.63) is 35.4 Å². The van der Waals surface area contributed by atoms with Gasteiger partial charge in [-0.1, -0.05) is 37.3 Å². The van der Waals surface area contributed by atoms with E-state index in [-0.39, 0.29) is 5.91 Å². The average Bonchev–Trinajstić information content (AvgIpc) is 2.48. The van der Waals surface area contributed by atoms with Crippen molar-refractivity contribution in [3.63, 3.8) is 0 Å². The lowest BCUT2D eigenvalue weighted by Crippen LogP contribution is -2.38. The van der Waals surface area contributed by atoms with Crippen molar-refractivity contribution in [1.82, 2.24) is 4.90 Å². The molecule has 3 nitrogen and oxygen atoms in total. The van der Waals surface area contributed by atoms with Gasteiger partial charge in [-0.25, -0.2) is 0 Å². The zero-order valence-corrected chi connectivity index (χ0v) is 14.0. The molecular weight excluding hydrogens is 300 g/mol. The molecule has 1 aromatic carbocycles. The Morgan fingerprint density at radius 1 is 1.43 bits per heavy atom. The number of carbonyl (C=O) groups excluding carboxylic acids is 1. The van der Waals surface area contributed by atoms with Gasteiger partial charge < -0.3 is 10.6 Å². The molecule has 1 heterocycles. The number of carbonyl (C=O) groups is 1. The molecule has 1 aliphatic heterocycles. The molecular formula is C16H22N2OS2. The first-order valence-electron chi connectivity index (χ1n) is 7.30. The van der Waals surface area contributed by atoms with Gasteiger partial charge in [0.1, 0.15) is 4.99 Å². The molecule has 0 atom stereocenters. The molecule has 1 aromatic rings. The van der Waals surface area contributed by atoms with Gasteiger partial charge in [-0.05, 0) is 30.4 Å². The lowest BCUT2D eigenvalue weighted by Gasteiger charge is -2.30. The number of likely N-dealkylation sites (tertiary alicyclic amines) is 1. The number of nitrogens with zero attached hydrogens (tertiary/aromatic N) is 1. The molecule has 0 bridgehead atoms. The van der Waals surface area contributed by atoms with Gasteiger partial charge in [0.15, 0.2) is 0 Å².